The van der Waals surface area contributed by atoms with Crippen molar-refractivity contribution < 1.29 is 4.79 Å². The van der Waals surface area contributed by atoms with Gasteiger partial charge in [0.05, 0.1) is 0 Å². The second-order valence-electron chi connectivity index (χ2n) is 5.72. The maximum absolute atomic E-state index is 12.7. The lowest BCUT2D eigenvalue weighted by Gasteiger charge is -2.28. The van der Waals surface area contributed by atoms with Gasteiger partial charge in [0.2, 0.25) is 0 Å². The van der Waals surface area contributed by atoms with Crippen molar-refractivity contribution >= 4 is 5.78 Å². The van der Waals surface area contributed by atoms with Crippen LogP contribution in [0.3, 0.4) is 0 Å². The Kier molecular flexibility index (Phi) is 3.21. The van der Waals surface area contributed by atoms with Gasteiger partial charge in [-0.15, -0.1) is 0 Å². The minimum atomic E-state index is 0.172. The van der Waals surface area contributed by atoms with E-state index in [9.17, 15) is 4.79 Å². The zero-order valence-corrected chi connectivity index (χ0v) is 11.0. The standard InChI is InChI=1S/C16H21NO/c1-11-13(9-10-17-11)16(18)15-8-3-2-7-14(15)12-5-4-6-12/h2-3,7-8,11-13,17H,4-6,9-10H2,1H3. The number of ketones is 1. The first-order valence-electron chi connectivity index (χ1n) is 7.14. The Bertz CT molecular complexity index is 450. The molecule has 2 aliphatic rings. The summed E-state index contributed by atoms with van der Waals surface area (Å²) in [6, 6.07) is 8.58. The van der Waals surface area contributed by atoms with Crippen LogP contribution in [0.2, 0.25) is 0 Å². The molecule has 18 heavy (non-hydrogen) atoms. The van der Waals surface area contributed by atoms with Crippen LogP contribution in [0.1, 0.15) is 54.4 Å². The van der Waals surface area contributed by atoms with Crippen LogP contribution < -0.4 is 5.32 Å². The predicted molar refractivity (Wildman–Crippen MR) is 72.9 cm³/mol. The molecular formula is C16H21NO. The summed E-state index contributed by atoms with van der Waals surface area (Å²) in [5, 5.41) is 3.38. The van der Waals surface area contributed by atoms with E-state index in [1.165, 1.54) is 24.8 Å². The van der Waals surface area contributed by atoms with Crippen molar-refractivity contribution in [3.8, 4) is 0 Å². The van der Waals surface area contributed by atoms with Gasteiger partial charge in [-0.05, 0) is 44.2 Å². The number of hydrogen-bond donors (Lipinski definition) is 1. The molecule has 0 bridgehead atoms. The van der Waals surface area contributed by atoms with Crippen LogP contribution in [0.4, 0.5) is 0 Å². The van der Waals surface area contributed by atoms with Gasteiger partial charge in [0, 0.05) is 17.5 Å². The Hall–Kier alpha value is -1.15. The van der Waals surface area contributed by atoms with E-state index in [1.807, 2.05) is 12.1 Å². The smallest absolute Gasteiger partial charge is 0.167 e. The molecule has 1 saturated heterocycles. The third kappa shape index (κ3) is 1.99. The highest BCUT2D eigenvalue weighted by atomic mass is 16.1. The molecule has 96 valence electrons. The van der Waals surface area contributed by atoms with Crippen molar-refractivity contribution in [2.45, 2.75) is 44.6 Å². The molecule has 1 aromatic carbocycles. The van der Waals surface area contributed by atoms with E-state index in [0.29, 0.717) is 17.7 Å². The minimum Gasteiger partial charge on any atom is -0.313 e. The molecule has 1 aliphatic carbocycles. The molecule has 1 aliphatic heterocycles. The van der Waals surface area contributed by atoms with Crippen LogP contribution in [-0.4, -0.2) is 18.4 Å². The average Bonchev–Trinajstić information content (AvgIpc) is 2.73. The van der Waals surface area contributed by atoms with Crippen molar-refractivity contribution in [1.82, 2.24) is 5.32 Å². The van der Waals surface area contributed by atoms with Crippen molar-refractivity contribution in [3.05, 3.63) is 35.4 Å². The molecule has 2 fully saturated rings. The molecule has 2 unspecified atom stereocenters. The predicted octanol–water partition coefficient (Wildman–Crippen LogP) is 3.13. The first kappa shape index (κ1) is 11.9. The maximum atomic E-state index is 12.7. The maximum Gasteiger partial charge on any atom is 0.167 e. The van der Waals surface area contributed by atoms with Gasteiger partial charge >= 0.3 is 0 Å². The first-order valence-corrected chi connectivity index (χ1v) is 7.14. The third-order valence-electron chi connectivity index (χ3n) is 4.63. The van der Waals surface area contributed by atoms with E-state index in [0.717, 1.165) is 18.5 Å². The van der Waals surface area contributed by atoms with E-state index in [1.54, 1.807) is 0 Å². The highest BCUT2D eigenvalue weighted by Gasteiger charge is 2.32. The van der Waals surface area contributed by atoms with Crippen molar-refractivity contribution in [2.75, 3.05) is 6.54 Å². The summed E-state index contributed by atoms with van der Waals surface area (Å²) in [4.78, 5) is 12.7. The fourth-order valence-corrected chi connectivity index (χ4v) is 3.21. The molecule has 1 aromatic rings. The number of carbonyl (C=O) groups is 1. The zero-order valence-electron chi connectivity index (χ0n) is 11.0. The Morgan fingerprint density at radius 3 is 2.61 bits per heavy atom. The van der Waals surface area contributed by atoms with Gasteiger partial charge in [0.1, 0.15) is 0 Å². The van der Waals surface area contributed by atoms with Gasteiger partial charge in [-0.2, -0.15) is 0 Å². The fraction of sp³-hybridized carbons (Fsp3) is 0.562. The normalized spacial score (nSPS) is 28.1. The lowest BCUT2D eigenvalue weighted by Crippen LogP contribution is -2.29. The Morgan fingerprint density at radius 2 is 2.00 bits per heavy atom. The van der Waals surface area contributed by atoms with E-state index in [4.69, 9.17) is 0 Å². The summed E-state index contributed by atoms with van der Waals surface area (Å²) in [5.74, 6) is 1.16. The lowest BCUT2D eigenvalue weighted by molar-refractivity contribution is 0.0912. The summed E-state index contributed by atoms with van der Waals surface area (Å²) >= 11 is 0. The number of benzene rings is 1. The molecule has 1 saturated carbocycles. The second kappa shape index (κ2) is 4.85. The Labute approximate surface area is 109 Å². The number of Topliss-reactive ketones (excluding diaryl/α,β-unsaturated/α-hetero) is 1. The summed E-state index contributed by atoms with van der Waals surface area (Å²) < 4.78 is 0. The van der Waals surface area contributed by atoms with E-state index in [-0.39, 0.29) is 5.92 Å². The highest BCUT2D eigenvalue weighted by molar-refractivity contribution is 6.00. The number of nitrogens with one attached hydrogen (secondary N) is 1. The summed E-state index contributed by atoms with van der Waals surface area (Å²) in [6.07, 6.45) is 4.80. The van der Waals surface area contributed by atoms with Gasteiger partial charge in [-0.1, -0.05) is 30.7 Å². The third-order valence-corrected chi connectivity index (χ3v) is 4.63. The highest BCUT2D eigenvalue weighted by Crippen LogP contribution is 2.38. The van der Waals surface area contributed by atoms with E-state index in [2.05, 4.69) is 24.4 Å². The lowest BCUT2D eigenvalue weighted by atomic mass is 9.76. The Morgan fingerprint density at radius 1 is 1.22 bits per heavy atom. The van der Waals surface area contributed by atoms with Crippen LogP contribution in [-0.2, 0) is 0 Å². The van der Waals surface area contributed by atoms with Crippen molar-refractivity contribution in [1.29, 1.82) is 0 Å². The topological polar surface area (TPSA) is 29.1 Å². The van der Waals surface area contributed by atoms with Crippen molar-refractivity contribution in [2.24, 2.45) is 5.92 Å². The molecule has 1 heterocycles. The molecule has 2 nitrogen and oxygen atoms in total. The summed E-state index contributed by atoms with van der Waals surface area (Å²) in [5.41, 5.74) is 2.29. The number of carbonyl (C=O) groups excluding carboxylic acids is 1. The quantitative estimate of drug-likeness (QED) is 0.826. The van der Waals surface area contributed by atoms with Crippen molar-refractivity contribution in [3.63, 3.8) is 0 Å². The molecule has 3 rings (SSSR count). The van der Waals surface area contributed by atoms with Gasteiger partial charge in [0.15, 0.2) is 5.78 Å². The molecule has 0 spiro atoms. The number of rotatable bonds is 3. The monoisotopic (exact) mass is 243 g/mol. The average molecular weight is 243 g/mol. The van der Waals surface area contributed by atoms with E-state index < -0.39 is 0 Å². The van der Waals surface area contributed by atoms with Crippen LogP contribution in [0.25, 0.3) is 0 Å². The molecule has 0 radical (unpaired) electrons. The minimum absolute atomic E-state index is 0.172. The summed E-state index contributed by atoms with van der Waals surface area (Å²) in [6.45, 7) is 3.10. The Balaban J connectivity index is 1.88. The largest absolute Gasteiger partial charge is 0.313 e. The SMILES string of the molecule is CC1NCCC1C(=O)c1ccccc1C1CCC1. The zero-order chi connectivity index (χ0) is 12.5. The van der Waals surface area contributed by atoms with E-state index >= 15 is 0 Å². The van der Waals surface area contributed by atoms with Gasteiger partial charge in [-0.3, -0.25) is 4.79 Å². The van der Waals surface area contributed by atoms with Crippen LogP contribution in [0, 0.1) is 5.92 Å². The molecule has 1 N–H and O–H groups in total. The molecule has 0 aromatic heterocycles. The van der Waals surface area contributed by atoms with Crippen LogP contribution >= 0.6 is 0 Å². The van der Waals surface area contributed by atoms with Gasteiger partial charge in [0.25, 0.3) is 0 Å². The van der Waals surface area contributed by atoms with Crippen LogP contribution in [0.15, 0.2) is 24.3 Å². The number of hydrogen-bond acceptors (Lipinski definition) is 2. The van der Waals surface area contributed by atoms with Gasteiger partial charge < -0.3 is 5.32 Å². The van der Waals surface area contributed by atoms with Crippen LogP contribution in [0.5, 0.6) is 0 Å². The molecular weight excluding hydrogens is 222 g/mol. The first-order chi connectivity index (χ1) is 8.77. The fourth-order valence-electron chi connectivity index (χ4n) is 3.21. The van der Waals surface area contributed by atoms with Gasteiger partial charge in [-0.25, -0.2) is 0 Å². The molecule has 2 atom stereocenters. The summed E-state index contributed by atoms with van der Waals surface area (Å²) in [7, 11) is 0. The second-order valence-corrected chi connectivity index (χ2v) is 5.72. The molecule has 2 heteroatoms. The molecule has 0 amide bonds.